The highest BCUT2D eigenvalue weighted by Gasteiger charge is 2.32. The number of hydrogen-bond donors (Lipinski definition) is 2. The van der Waals surface area contributed by atoms with Gasteiger partial charge in [0.2, 0.25) is 5.91 Å². The number of carbonyl (C=O) groups excluding carboxylic acids is 1. The van der Waals surface area contributed by atoms with Crippen LogP contribution in [0.2, 0.25) is 0 Å². The molecule has 1 aliphatic rings. The zero-order valence-electron chi connectivity index (χ0n) is 10.8. The van der Waals surface area contributed by atoms with Crippen molar-refractivity contribution in [3.05, 3.63) is 24.2 Å². The molecular weight excluding hydrogens is 248 g/mol. The Morgan fingerprint density at radius 1 is 1.63 bits per heavy atom. The summed E-state index contributed by atoms with van der Waals surface area (Å²) in [6, 6.07) is 3.33. The van der Waals surface area contributed by atoms with Crippen molar-refractivity contribution in [1.82, 2.24) is 10.2 Å². The topological polar surface area (TPSA) is 82.8 Å². The van der Waals surface area contributed by atoms with Crippen molar-refractivity contribution in [2.45, 2.75) is 38.4 Å². The molecule has 2 heterocycles. The summed E-state index contributed by atoms with van der Waals surface area (Å²) in [5, 5.41) is 11.8. The molecule has 2 atom stereocenters. The maximum absolute atomic E-state index is 12.2. The van der Waals surface area contributed by atoms with Gasteiger partial charge in [0.15, 0.2) is 0 Å². The molecular formula is C13H18N2O4. The van der Waals surface area contributed by atoms with Gasteiger partial charge in [0.1, 0.15) is 5.76 Å². The molecule has 1 aromatic rings. The van der Waals surface area contributed by atoms with Gasteiger partial charge in [-0.05, 0) is 25.5 Å². The second-order valence-corrected chi connectivity index (χ2v) is 4.85. The number of rotatable bonds is 5. The Morgan fingerprint density at radius 2 is 2.42 bits per heavy atom. The van der Waals surface area contributed by atoms with E-state index in [0.717, 1.165) is 5.76 Å². The summed E-state index contributed by atoms with van der Waals surface area (Å²) in [6.45, 7) is 3.01. The largest absolute Gasteiger partial charge is 0.481 e. The second kappa shape index (κ2) is 5.88. The van der Waals surface area contributed by atoms with E-state index in [1.165, 1.54) is 0 Å². The fraction of sp³-hybridized carbons (Fsp3) is 0.538. The van der Waals surface area contributed by atoms with Crippen molar-refractivity contribution < 1.29 is 19.1 Å². The molecule has 2 unspecified atom stereocenters. The number of aliphatic carboxylic acids is 1. The number of carbonyl (C=O) groups is 2. The minimum Gasteiger partial charge on any atom is -0.481 e. The van der Waals surface area contributed by atoms with E-state index in [1.54, 1.807) is 17.2 Å². The van der Waals surface area contributed by atoms with E-state index in [2.05, 4.69) is 5.32 Å². The Balaban J connectivity index is 1.99. The molecule has 1 aliphatic heterocycles. The van der Waals surface area contributed by atoms with Crippen LogP contribution in [0, 0.1) is 0 Å². The van der Waals surface area contributed by atoms with Gasteiger partial charge in [-0.2, -0.15) is 0 Å². The van der Waals surface area contributed by atoms with Crippen molar-refractivity contribution in [3.8, 4) is 0 Å². The van der Waals surface area contributed by atoms with Gasteiger partial charge >= 0.3 is 5.97 Å². The first-order valence-electron chi connectivity index (χ1n) is 6.35. The molecule has 19 heavy (non-hydrogen) atoms. The van der Waals surface area contributed by atoms with Crippen LogP contribution >= 0.6 is 0 Å². The maximum atomic E-state index is 12.2. The Hall–Kier alpha value is -1.82. The highest BCUT2D eigenvalue weighted by Crippen LogP contribution is 2.14. The van der Waals surface area contributed by atoms with E-state index in [0.29, 0.717) is 19.5 Å². The number of nitrogens with zero attached hydrogens (tertiary/aromatic N) is 1. The Labute approximate surface area is 111 Å². The lowest BCUT2D eigenvalue weighted by Crippen LogP contribution is -2.58. The fourth-order valence-electron chi connectivity index (χ4n) is 2.32. The third-order valence-electron chi connectivity index (χ3n) is 3.16. The van der Waals surface area contributed by atoms with Crippen LogP contribution < -0.4 is 5.32 Å². The third kappa shape index (κ3) is 3.57. The monoisotopic (exact) mass is 266 g/mol. The van der Waals surface area contributed by atoms with Gasteiger partial charge in [0, 0.05) is 19.0 Å². The summed E-state index contributed by atoms with van der Waals surface area (Å²) in [6.07, 6.45) is 1.88. The molecule has 2 rings (SSSR count). The standard InChI is InChI=1S/C13H18N2O4/c1-9-7-15(8-10-3-2-6-19-10)13(18)11(14-9)4-5-12(16)17/h2-3,6,9,11,14H,4-5,7-8H2,1H3,(H,16,17). The van der Waals surface area contributed by atoms with Gasteiger partial charge in [-0.1, -0.05) is 0 Å². The number of hydrogen-bond acceptors (Lipinski definition) is 4. The molecule has 6 nitrogen and oxygen atoms in total. The fourth-order valence-corrected chi connectivity index (χ4v) is 2.32. The number of nitrogens with one attached hydrogen (secondary N) is 1. The minimum atomic E-state index is -0.884. The van der Waals surface area contributed by atoms with E-state index in [-0.39, 0.29) is 18.4 Å². The first-order valence-corrected chi connectivity index (χ1v) is 6.35. The van der Waals surface area contributed by atoms with Crippen LogP contribution in [0.25, 0.3) is 0 Å². The van der Waals surface area contributed by atoms with Crippen LogP contribution in [0.3, 0.4) is 0 Å². The lowest BCUT2D eigenvalue weighted by atomic mass is 10.0. The molecule has 0 aliphatic carbocycles. The summed E-state index contributed by atoms with van der Waals surface area (Å²) >= 11 is 0. The average molecular weight is 266 g/mol. The normalized spacial score (nSPS) is 23.6. The molecule has 1 fully saturated rings. The number of carboxylic acid groups (broad SMARTS) is 1. The van der Waals surface area contributed by atoms with Crippen LogP contribution in [0.1, 0.15) is 25.5 Å². The van der Waals surface area contributed by atoms with Crippen molar-refractivity contribution in [2.24, 2.45) is 0 Å². The molecule has 0 bridgehead atoms. The Morgan fingerprint density at radius 3 is 3.05 bits per heavy atom. The number of amides is 1. The van der Waals surface area contributed by atoms with Gasteiger partial charge in [0.05, 0.1) is 18.8 Å². The van der Waals surface area contributed by atoms with Gasteiger partial charge in [0.25, 0.3) is 0 Å². The van der Waals surface area contributed by atoms with Gasteiger partial charge in [-0.3, -0.25) is 9.59 Å². The second-order valence-electron chi connectivity index (χ2n) is 4.85. The van der Waals surface area contributed by atoms with Gasteiger partial charge < -0.3 is 19.7 Å². The molecule has 2 N–H and O–H groups in total. The van der Waals surface area contributed by atoms with Crippen molar-refractivity contribution in [2.75, 3.05) is 6.54 Å². The average Bonchev–Trinajstić information content (AvgIpc) is 2.84. The summed E-state index contributed by atoms with van der Waals surface area (Å²) in [5.41, 5.74) is 0. The first kappa shape index (κ1) is 13.6. The quantitative estimate of drug-likeness (QED) is 0.825. The Bertz CT molecular complexity index is 444. The van der Waals surface area contributed by atoms with Crippen LogP contribution in [0.15, 0.2) is 22.8 Å². The number of furan rings is 1. The molecule has 0 spiro atoms. The zero-order chi connectivity index (χ0) is 13.8. The molecule has 1 aromatic heterocycles. The third-order valence-corrected chi connectivity index (χ3v) is 3.16. The van der Waals surface area contributed by atoms with Gasteiger partial charge in [-0.25, -0.2) is 0 Å². The lowest BCUT2D eigenvalue weighted by molar-refractivity contribution is -0.140. The highest BCUT2D eigenvalue weighted by molar-refractivity contribution is 5.83. The van der Waals surface area contributed by atoms with Gasteiger partial charge in [-0.15, -0.1) is 0 Å². The van der Waals surface area contributed by atoms with E-state index < -0.39 is 12.0 Å². The predicted octanol–water partition coefficient (Wildman–Crippen LogP) is 0.833. The van der Waals surface area contributed by atoms with Crippen molar-refractivity contribution >= 4 is 11.9 Å². The molecule has 6 heteroatoms. The summed E-state index contributed by atoms with van der Waals surface area (Å²) < 4.78 is 5.24. The molecule has 1 saturated heterocycles. The SMILES string of the molecule is CC1CN(Cc2ccco2)C(=O)C(CCC(=O)O)N1. The van der Waals surface area contributed by atoms with E-state index >= 15 is 0 Å². The smallest absolute Gasteiger partial charge is 0.303 e. The van der Waals surface area contributed by atoms with Crippen LogP contribution in [0.4, 0.5) is 0 Å². The number of carboxylic acids is 1. The van der Waals surface area contributed by atoms with E-state index in [1.807, 2.05) is 13.0 Å². The molecule has 0 saturated carbocycles. The summed E-state index contributed by atoms with van der Waals surface area (Å²) in [4.78, 5) is 24.6. The molecule has 0 aromatic carbocycles. The zero-order valence-corrected chi connectivity index (χ0v) is 10.8. The van der Waals surface area contributed by atoms with Crippen LogP contribution in [-0.2, 0) is 16.1 Å². The number of piperazine rings is 1. The molecule has 1 amide bonds. The van der Waals surface area contributed by atoms with Crippen LogP contribution in [0.5, 0.6) is 0 Å². The van der Waals surface area contributed by atoms with E-state index in [9.17, 15) is 9.59 Å². The highest BCUT2D eigenvalue weighted by atomic mass is 16.4. The first-order chi connectivity index (χ1) is 9.06. The summed E-state index contributed by atoms with van der Waals surface area (Å²) in [7, 11) is 0. The van der Waals surface area contributed by atoms with E-state index in [4.69, 9.17) is 9.52 Å². The minimum absolute atomic E-state index is 0.00921. The Kier molecular flexibility index (Phi) is 4.21. The van der Waals surface area contributed by atoms with Crippen LogP contribution in [-0.4, -0.2) is 40.5 Å². The van der Waals surface area contributed by atoms with Crippen molar-refractivity contribution in [3.63, 3.8) is 0 Å². The maximum Gasteiger partial charge on any atom is 0.303 e. The summed E-state index contributed by atoms with van der Waals surface area (Å²) in [5.74, 6) is -0.208. The predicted molar refractivity (Wildman–Crippen MR) is 67.4 cm³/mol. The molecule has 0 radical (unpaired) electrons. The van der Waals surface area contributed by atoms with Crippen molar-refractivity contribution in [1.29, 1.82) is 0 Å². The molecule has 104 valence electrons. The lowest BCUT2D eigenvalue weighted by Gasteiger charge is -2.36.